The van der Waals surface area contributed by atoms with Crippen molar-refractivity contribution in [1.82, 2.24) is 9.97 Å². The number of imidazole rings is 1. The minimum Gasteiger partial charge on any atom is -0.506 e. The molecule has 1 heterocycles. The number of aromatic amines is 1. The third-order valence-corrected chi connectivity index (χ3v) is 4.29. The smallest absolute Gasteiger partial charge is 0.200 e. The summed E-state index contributed by atoms with van der Waals surface area (Å²) in [7, 11) is 0. The Kier molecular flexibility index (Phi) is 4.45. The molecule has 0 aliphatic heterocycles. The molecule has 0 fully saturated rings. The standard InChI is InChI=1S/C22H14F2N2O2/c23-15-10-8-13(9-11-15)20(27)19(21(28)14-4-3-5-16(24)12-14)22-25-17-6-1-2-7-18(17)26-22/h1-12,28H,(H,25,26). The van der Waals surface area contributed by atoms with Crippen LogP contribution in [0.5, 0.6) is 0 Å². The van der Waals surface area contributed by atoms with Crippen LogP contribution in [0.3, 0.4) is 0 Å². The molecule has 138 valence electrons. The normalized spacial score (nSPS) is 12.1. The molecule has 2 N–H and O–H groups in total. The van der Waals surface area contributed by atoms with E-state index >= 15 is 0 Å². The van der Waals surface area contributed by atoms with Gasteiger partial charge in [0.15, 0.2) is 0 Å². The molecule has 0 saturated heterocycles. The number of aromatic nitrogens is 2. The quantitative estimate of drug-likeness (QED) is 0.294. The van der Waals surface area contributed by atoms with E-state index < -0.39 is 23.2 Å². The van der Waals surface area contributed by atoms with Crippen LogP contribution in [0.1, 0.15) is 21.7 Å². The maximum Gasteiger partial charge on any atom is 0.200 e. The van der Waals surface area contributed by atoms with E-state index in [0.29, 0.717) is 11.0 Å². The fourth-order valence-electron chi connectivity index (χ4n) is 2.92. The molecule has 0 aliphatic rings. The first-order valence-corrected chi connectivity index (χ1v) is 8.47. The van der Waals surface area contributed by atoms with Crippen LogP contribution in [0, 0.1) is 11.6 Å². The van der Waals surface area contributed by atoms with Crippen LogP contribution in [0.4, 0.5) is 8.78 Å². The SMILES string of the molecule is O=C(C(=C(O)c1cccc(F)c1)c1nc2ccccc2[nH]1)c1ccc(F)cc1. The topological polar surface area (TPSA) is 66.0 Å². The highest BCUT2D eigenvalue weighted by Gasteiger charge is 2.24. The fraction of sp³-hybridized carbons (Fsp3) is 0. The Balaban J connectivity index is 1.93. The number of benzene rings is 3. The number of aliphatic hydroxyl groups is 1. The van der Waals surface area contributed by atoms with Gasteiger partial charge >= 0.3 is 0 Å². The minimum absolute atomic E-state index is 0.130. The van der Waals surface area contributed by atoms with Crippen LogP contribution in [-0.4, -0.2) is 20.9 Å². The van der Waals surface area contributed by atoms with Gasteiger partial charge < -0.3 is 10.1 Å². The third-order valence-electron chi connectivity index (χ3n) is 4.29. The van der Waals surface area contributed by atoms with Gasteiger partial charge in [-0.1, -0.05) is 24.3 Å². The summed E-state index contributed by atoms with van der Waals surface area (Å²) in [6.07, 6.45) is 0. The van der Waals surface area contributed by atoms with Crippen molar-refractivity contribution in [1.29, 1.82) is 0 Å². The molecule has 6 heteroatoms. The van der Waals surface area contributed by atoms with Gasteiger partial charge in [0, 0.05) is 11.1 Å². The molecule has 0 saturated carbocycles. The lowest BCUT2D eigenvalue weighted by atomic mass is 9.98. The summed E-state index contributed by atoms with van der Waals surface area (Å²) in [6.45, 7) is 0. The van der Waals surface area contributed by atoms with Crippen molar-refractivity contribution >= 4 is 28.1 Å². The summed E-state index contributed by atoms with van der Waals surface area (Å²) in [5.41, 5.74) is 1.45. The number of hydrogen-bond acceptors (Lipinski definition) is 3. The van der Waals surface area contributed by atoms with Crippen LogP contribution in [-0.2, 0) is 0 Å². The first-order valence-electron chi connectivity index (χ1n) is 8.47. The molecule has 0 radical (unpaired) electrons. The number of nitrogens with zero attached hydrogens (tertiary/aromatic N) is 1. The van der Waals surface area contributed by atoms with Crippen LogP contribution in [0.2, 0.25) is 0 Å². The molecule has 4 aromatic rings. The predicted octanol–water partition coefficient (Wildman–Crippen LogP) is 5.15. The largest absolute Gasteiger partial charge is 0.506 e. The van der Waals surface area contributed by atoms with E-state index in [1.807, 2.05) is 6.07 Å². The van der Waals surface area contributed by atoms with Gasteiger partial charge in [-0.2, -0.15) is 0 Å². The number of nitrogens with one attached hydrogen (secondary N) is 1. The van der Waals surface area contributed by atoms with Gasteiger partial charge in [0.2, 0.25) is 5.78 Å². The Labute approximate surface area is 158 Å². The lowest BCUT2D eigenvalue weighted by Crippen LogP contribution is -2.07. The van der Waals surface area contributed by atoms with Crippen molar-refractivity contribution in [2.24, 2.45) is 0 Å². The predicted molar refractivity (Wildman–Crippen MR) is 103 cm³/mol. The van der Waals surface area contributed by atoms with Crippen molar-refractivity contribution < 1.29 is 18.7 Å². The summed E-state index contributed by atoms with van der Waals surface area (Å²) in [6, 6.07) is 17.4. The molecule has 4 rings (SSSR count). The summed E-state index contributed by atoms with van der Waals surface area (Å²) in [5.74, 6) is -1.90. The van der Waals surface area contributed by atoms with E-state index in [1.54, 1.807) is 18.2 Å². The average Bonchev–Trinajstić information content (AvgIpc) is 3.12. The summed E-state index contributed by atoms with van der Waals surface area (Å²) in [4.78, 5) is 20.5. The van der Waals surface area contributed by atoms with Crippen molar-refractivity contribution in [3.05, 3.63) is 101 Å². The number of H-pyrrole nitrogens is 1. The number of allylic oxidation sites excluding steroid dienone is 1. The molecular formula is C22H14F2N2O2. The van der Waals surface area contributed by atoms with Crippen molar-refractivity contribution in [2.75, 3.05) is 0 Å². The second kappa shape index (κ2) is 7.08. The second-order valence-electron chi connectivity index (χ2n) is 6.17. The number of carbonyl (C=O) groups is 1. The number of para-hydroxylation sites is 2. The number of fused-ring (bicyclic) bond motifs is 1. The Morgan fingerprint density at radius 3 is 2.32 bits per heavy atom. The number of ketones is 1. The zero-order chi connectivity index (χ0) is 19.7. The third kappa shape index (κ3) is 3.27. The second-order valence-corrected chi connectivity index (χ2v) is 6.17. The van der Waals surface area contributed by atoms with Gasteiger partial charge in [-0.3, -0.25) is 4.79 Å². The van der Waals surface area contributed by atoms with Gasteiger partial charge in [0.05, 0.1) is 11.0 Å². The molecule has 0 atom stereocenters. The summed E-state index contributed by atoms with van der Waals surface area (Å²) in [5, 5.41) is 10.8. The van der Waals surface area contributed by atoms with Crippen molar-refractivity contribution in [3.63, 3.8) is 0 Å². The first kappa shape index (κ1) is 17.6. The van der Waals surface area contributed by atoms with Crippen LogP contribution in [0.25, 0.3) is 22.4 Å². The van der Waals surface area contributed by atoms with E-state index in [9.17, 15) is 18.7 Å². The maximum atomic E-state index is 13.6. The monoisotopic (exact) mass is 376 g/mol. The number of aliphatic hydroxyl groups excluding tert-OH is 1. The van der Waals surface area contributed by atoms with Crippen LogP contribution < -0.4 is 0 Å². The molecule has 1 aromatic heterocycles. The molecule has 0 bridgehead atoms. The van der Waals surface area contributed by atoms with Gasteiger partial charge in [-0.15, -0.1) is 0 Å². The highest BCUT2D eigenvalue weighted by atomic mass is 19.1. The Bertz CT molecular complexity index is 1180. The van der Waals surface area contributed by atoms with E-state index in [4.69, 9.17) is 0 Å². The van der Waals surface area contributed by atoms with E-state index in [1.165, 1.54) is 30.3 Å². The van der Waals surface area contributed by atoms with E-state index in [-0.39, 0.29) is 22.5 Å². The maximum absolute atomic E-state index is 13.6. The zero-order valence-corrected chi connectivity index (χ0v) is 14.5. The summed E-state index contributed by atoms with van der Waals surface area (Å²) < 4.78 is 26.9. The molecule has 0 aliphatic carbocycles. The Hall–Kier alpha value is -3.80. The molecule has 0 spiro atoms. The van der Waals surface area contributed by atoms with Gasteiger partial charge in [0.25, 0.3) is 0 Å². The van der Waals surface area contributed by atoms with Gasteiger partial charge in [0.1, 0.15) is 28.8 Å². The lowest BCUT2D eigenvalue weighted by Gasteiger charge is -2.09. The number of rotatable bonds is 4. The van der Waals surface area contributed by atoms with Gasteiger partial charge in [-0.05, 0) is 48.5 Å². The Morgan fingerprint density at radius 1 is 0.857 bits per heavy atom. The van der Waals surface area contributed by atoms with Crippen molar-refractivity contribution in [3.8, 4) is 0 Å². The molecule has 28 heavy (non-hydrogen) atoms. The zero-order valence-electron chi connectivity index (χ0n) is 14.5. The molecule has 0 amide bonds. The van der Waals surface area contributed by atoms with Crippen molar-refractivity contribution in [2.45, 2.75) is 0 Å². The average molecular weight is 376 g/mol. The molecule has 3 aromatic carbocycles. The lowest BCUT2D eigenvalue weighted by molar-refractivity contribution is 0.105. The number of hydrogen-bond donors (Lipinski definition) is 2. The van der Waals surface area contributed by atoms with E-state index in [0.717, 1.165) is 18.2 Å². The van der Waals surface area contributed by atoms with Gasteiger partial charge in [-0.25, -0.2) is 13.8 Å². The summed E-state index contributed by atoms with van der Waals surface area (Å²) >= 11 is 0. The first-order chi connectivity index (χ1) is 13.5. The Morgan fingerprint density at radius 2 is 1.61 bits per heavy atom. The van der Waals surface area contributed by atoms with Crippen LogP contribution >= 0.6 is 0 Å². The molecule has 0 unspecified atom stereocenters. The fourth-order valence-corrected chi connectivity index (χ4v) is 2.92. The molecular weight excluding hydrogens is 362 g/mol. The van der Waals surface area contributed by atoms with Crippen LogP contribution in [0.15, 0.2) is 72.8 Å². The highest BCUT2D eigenvalue weighted by molar-refractivity contribution is 6.33. The number of halogens is 2. The van der Waals surface area contributed by atoms with E-state index in [2.05, 4.69) is 9.97 Å². The number of Topliss-reactive ketones (excluding diaryl/α,β-unsaturated/α-hetero) is 1. The highest BCUT2D eigenvalue weighted by Crippen LogP contribution is 2.28. The minimum atomic E-state index is -0.569. The number of carbonyl (C=O) groups excluding carboxylic acids is 1. The molecule has 4 nitrogen and oxygen atoms in total.